The molecule has 1 aliphatic rings. The minimum Gasteiger partial charge on any atom is -0.497 e. The summed E-state index contributed by atoms with van der Waals surface area (Å²) in [5.74, 6) is 0.0434. The molecule has 0 amide bonds. The zero-order valence-electron chi connectivity index (χ0n) is 13.4. The van der Waals surface area contributed by atoms with Gasteiger partial charge in [0.15, 0.2) is 0 Å². The quantitative estimate of drug-likeness (QED) is 0.464. The number of nitrogens with zero attached hydrogens (tertiary/aromatic N) is 1. The monoisotopic (exact) mass is 417 g/mol. The van der Waals surface area contributed by atoms with Crippen molar-refractivity contribution in [3.05, 3.63) is 33.3 Å². The normalized spacial score (nSPS) is 16.3. The van der Waals surface area contributed by atoms with Gasteiger partial charge in [-0.1, -0.05) is 34.8 Å². The lowest BCUT2D eigenvalue weighted by molar-refractivity contribution is -0.259. The Kier molecular flexibility index (Phi) is 7.90. The van der Waals surface area contributed by atoms with E-state index in [1.54, 1.807) is 7.11 Å². The average Bonchev–Trinajstić information content (AvgIpc) is 3.00. The second kappa shape index (κ2) is 9.93. The highest BCUT2D eigenvalue weighted by Crippen LogP contribution is 2.33. The molecule has 0 aliphatic carbocycles. The molecule has 0 bridgehead atoms. The molecule has 132 valence electrons. The van der Waals surface area contributed by atoms with Gasteiger partial charge in [0.25, 0.3) is 0 Å². The first-order valence-electron chi connectivity index (χ1n) is 7.65. The third kappa shape index (κ3) is 6.35. The predicted molar refractivity (Wildman–Crippen MR) is 95.9 cm³/mol. The van der Waals surface area contributed by atoms with Gasteiger partial charge >= 0.3 is 5.97 Å². The van der Waals surface area contributed by atoms with Crippen LogP contribution in [0.15, 0.2) is 27.8 Å². The van der Waals surface area contributed by atoms with Crippen molar-refractivity contribution in [3.63, 3.8) is 0 Å². The van der Waals surface area contributed by atoms with Crippen LogP contribution in [0.1, 0.15) is 37.7 Å². The van der Waals surface area contributed by atoms with Crippen LogP contribution < -0.4 is 4.74 Å². The van der Waals surface area contributed by atoms with Crippen molar-refractivity contribution in [1.82, 2.24) is 5.23 Å². The van der Waals surface area contributed by atoms with E-state index in [2.05, 4.69) is 15.9 Å². The highest BCUT2D eigenvalue weighted by atomic mass is 79.9. The highest BCUT2D eigenvalue weighted by molar-refractivity contribution is 9.10. The molecule has 1 saturated heterocycles. The molecule has 1 aromatic carbocycles. The Morgan fingerprint density at radius 3 is 2.88 bits per heavy atom. The van der Waals surface area contributed by atoms with E-state index in [0.29, 0.717) is 18.1 Å². The van der Waals surface area contributed by atoms with Crippen molar-refractivity contribution in [3.8, 4) is 5.75 Å². The summed E-state index contributed by atoms with van der Waals surface area (Å²) in [5, 5.41) is 10.7. The summed E-state index contributed by atoms with van der Waals surface area (Å²) in [6.07, 6.45) is 5.57. The van der Waals surface area contributed by atoms with Gasteiger partial charge in [-0.05, 0) is 35.8 Å². The van der Waals surface area contributed by atoms with Gasteiger partial charge < -0.3 is 14.7 Å². The van der Waals surface area contributed by atoms with Crippen molar-refractivity contribution >= 4 is 40.0 Å². The molecule has 0 aromatic heterocycles. The van der Waals surface area contributed by atoms with E-state index in [9.17, 15) is 4.79 Å². The van der Waals surface area contributed by atoms with Gasteiger partial charge in [0.1, 0.15) is 5.75 Å². The van der Waals surface area contributed by atoms with Gasteiger partial charge in [0.05, 0.1) is 25.7 Å². The standard InChI is InChI=1S/C16H20BrNO5S/c1-21-13-8-7-12(14(17)11-13)10-16-22-18(23-24-16)9-5-3-2-4-6-15(19)20/h7-8,10-11H,2-6,9H2,1H3,(H,19,20)/b16-10-. The minimum absolute atomic E-state index is 0.232. The largest absolute Gasteiger partial charge is 0.497 e. The lowest BCUT2D eigenvalue weighted by Gasteiger charge is -2.10. The summed E-state index contributed by atoms with van der Waals surface area (Å²) < 4.78 is 11.5. The lowest BCUT2D eigenvalue weighted by Crippen LogP contribution is -2.16. The van der Waals surface area contributed by atoms with Crippen LogP contribution in [0.5, 0.6) is 5.75 Å². The van der Waals surface area contributed by atoms with Crippen molar-refractivity contribution in [2.75, 3.05) is 13.7 Å². The molecular weight excluding hydrogens is 398 g/mol. The second-order valence-electron chi connectivity index (χ2n) is 5.21. The number of halogens is 1. The molecule has 24 heavy (non-hydrogen) atoms. The fraction of sp³-hybridized carbons (Fsp3) is 0.438. The molecule has 0 unspecified atom stereocenters. The summed E-state index contributed by atoms with van der Waals surface area (Å²) in [6, 6.07) is 5.71. The lowest BCUT2D eigenvalue weighted by atomic mass is 10.1. The predicted octanol–water partition coefficient (Wildman–Crippen LogP) is 4.62. The highest BCUT2D eigenvalue weighted by Gasteiger charge is 2.21. The molecule has 1 heterocycles. The number of benzene rings is 1. The first-order valence-corrected chi connectivity index (χ1v) is 9.19. The van der Waals surface area contributed by atoms with E-state index in [0.717, 1.165) is 35.0 Å². The zero-order chi connectivity index (χ0) is 17.4. The maximum atomic E-state index is 10.4. The first kappa shape index (κ1) is 19.1. The molecule has 1 aliphatic heterocycles. The summed E-state index contributed by atoms with van der Waals surface area (Å²) in [4.78, 5) is 16.0. The van der Waals surface area contributed by atoms with Crippen LogP contribution in [0.4, 0.5) is 0 Å². The van der Waals surface area contributed by atoms with Crippen LogP contribution in [0.3, 0.4) is 0 Å². The summed E-state index contributed by atoms with van der Waals surface area (Å²) in [7, 11) is 1.63. The van der Waals surface area contributed by atoms with Crippen LogP contribution in [-0.4, -0.2) is 30.0 Å². The Labute approximate surface area is 154 Å². The van der Waals surface area contributed by atoms with Crippen LogP contribution in [0, 0.1) is 0 Å². The molecule has 8 heteroatoms. The fourth-order valence-electron chi connectivity index (χ4n) is 2.09. The van der Waals surface area contributed by atoms with Gasteiger partial charge in [-0.25, -0.2) is 0 Å². The van der Waals surface area contributed by atoms with E-state index in [1.807, 2.05) is 24.3 Å². The summed E-state index contributed by atoms with van der Waals surface area (Å²) in [5.41, 5.74) is 0.970. The van der Waals surface area contributed by atoms with Crippen molar-refractivity contribution in [2.24, 2.45) is 0 Å². The Bertz CT molecular complexity index is 596. The zero-order valence-corrected chi connectivity index (χ0v) is 15.8. The van der Waals surface area contributed by atoms with E-state index in [1.165, 1.54) is 17.3 Å². The van der Waals surface area contributed by atoms with E-state index in [4.69, 9.17) is 19.0 Å². The summed E-state index contributed by atoms with van der Waals surface area (Å²) >= 11 is 4.67. The summed E-state index contributed by atoms with van der Waals surface area (Å²) in [6.45, 7) is 0.640. The fourth-order valence-corrected chi connectivity index (χ4v) is 3.11. The smallest absolute Gasteiger partial charge is 0.303 e. The molecule has 1 aromatic rings. The number of hydrogen-bond donors (Lipinski definition) is 1. The molecule has 6 nitrogen and oxygen atoms in total. The van der Waals surface area contributed by atoms with E-state index >= 15 is 0 Å². The van der Waals surface area contributed by atoms with Crippen LogP contribution >= 0.6 is 28.0 Å². The average molecular weight is 418 g/mol. The number of hydrogen-bond acceptors (Lipinski definition) is 6. The van der Waals surface area contributed by atoms with Gasteiger partial charge in [-0.15, -0.1) is 0 Å². The molecule has 0 atom stereocenters. The Morgan fingerprint density at radius 1 is 1.38 bits per heavy atom. The molecule has 2 rings (SSSR count). The Balaban J connectivity index is 1.73. The van der Waals surface area contributed by atoms with E-state index < -0.39 is 5.97 Å². The van der Waals surface area contributed by atoms with Gasteiger partial charge in [0.2, 0.25) is 5.09 Å². The minimum atomic E-state index is -0.739. The van der Waals surface area contributed by atoms with E-state index in [-0.39, 0.29) is 6.42 Å². The number of ether oxygens (including phenoxy) is 1. The van der Waals surface area contributed by atoms with Crippen molar-refractivity contribution in [2.45, 2.75) is 32.1 Å². The number of unbranched alkanes of at least 4 members (excludes halogenated alkanes) is 3. The molecular formula is C16H20BrNO5S. The number of aliphatic carboxylic acids is 1. The van der Waals surface area contributed by atoms with Crippen LogP contribution in [0.25, 0.3) is 6.08 Å². The third-order valence-electron chi connectivity index (χ3n) is 3.36. The number of rotatable bonds is 9. The molecule has 1 N–H and O–H groups in total. The van der Waals surface area contributed by atoms with Gasteiger partial charge in [-0.3, -0.25) is 4.79 Å². The number of methoxy groups -OCH3 is 1. The molecule has 0 spiro atoms. The molecule has 0 saturated carbocycles. The van der Waals surface area contributed by atoms with Crippen LogP contribution in [0.2, 0.25) is 0 Å². The number of carboxylic acid groups (broad SMARTS) is 1. The number of carbonyl (C=O) groups is 1. The number of hydroxylamine groups is 2. The maximum absolute atomic E-state index is 10.4. The maximum Gasteiger partial charge on any atom is 0.303 e. The third-order valence-corrected chi connectivity index (χ3v) is 4.64. The second-order valence-corrected chi connectivity index (χ2v) is 6.79. The Hall–Kier alpha value is -1.22. The Morgan fingerprint density at radius 2 is 2.17 bits per heavy atom. The van der Waals surface area contributed by atoms with Gasteiger partial charge in [0, 0.05) is 17.0 Å². The molecule has 0 radical (unpaired) electrons. The SMILES string of the molecule is COc1ccc(/C=C2/ON(CCCCCCC(=O)O)OS2)c(Br)c1. The van der Waals surface area contributed by atoms with Gasteiger partial charge in [-0.2, -0.15) is 4.28 Å². The molecule has 1 fully saturated rings. The number of carboxylic acids is 1. The van der Waals surface area contributed by atoms with Crippen molar-refractivity contribution in [1.29, 1.82) is 0 Å². The van der Waals surface area contributed by atoms with Crippen LogP contribution in [-0.2, 0) is 13.9 Å². The first-order chi connectivity index (χ1) is 11.6. The van der Waals surface area contributed by atoms with Crippen molar-refractivity contribution < 1.29 is 23.8 Å². The topological polar surface area (TPSA) is 68.2 Å².